The maximum atomic E-state index is 12.7. The molecule has 32 heavy (non-hydrogen) atoms. The summed E-state index contributed by atoms with van der Waals surface area (Å²) in [6, 6.07) is 15.9. The Morgan fingerprint density at radius 3 is 2.31 bits per heavy atom. The van der Waals surface area contributed by atoms with E-state index in [1.807, 2.05) is 41.8 Å². The molecule has 3 aromatic rings. The number of carbonyl (C=O) groups is 1. The number of sulfonamides is 1. The highest BCUT2D eigenvalue weighted by Gasteiger charge is 2.20. The molecule has 1 heterocycles. The first-order valence-electron chi connectivity index (χ1n) is 10.2. The minimum atomic E-state index is -3.57. The van der Waals surface area contributed by atoms with Crippen LogP contribution in [0.5, 0.6) is 0 Å². The third kappa shape index (κ3) is 6.18. The minimum absolute atomic E-state index is 0.149. The third-order valence-electron chi connectivity index (χ3n) is 4.56. The molecule has 2 N–H and O–H groups in total. The van der Waals surface area contributed by atoms with Gasteiger partial charge < -0.3 is 9.88 Å². The smallest absolute Gasteiger partial charge is 0.240 e. The number of aryl methyl sites for hydroxylation is 1. The van der Waals surface area contributed by atoms with Crippen molar-refractivity contribution in [2.75, 3.05) is 5.32 Å². The lowest BCUT2D eigenvalue weighted by molar-refractivity contribution is -0.115. The Balaban J connectivity index is 1.65. The van der Waals surface area contributed by atoms with E-state index in [0.29, 0.717) is 17.4 Å². The number of nitrogens with one attached hydrogen (secondary N) is 2. The van der Waals surface area contributed by atoms with Crippen molar-refractivity contribution in [3.63, 3.8) is 0 Å². The normalized spacial score (nSPS) is 12.7. The van der Waals surface area contributed by atoms with Crippen LogP contribution in [0.4, 0.5) is 5.69 Å². The summed E-state index contributed by atoms with van der Waals surface area (Å²) in [7, 11) is -3.57. The van der Waals surface area contributed by atoms with Gasteiger partial charge in [0.15, 0.2) is 5.16 Å². The molecule has 2 aromatic carbocycles. The molecule has 1 atom stereocenters. The molecule has 1 amide bonds. The highest BCUT2D eigenvalue weighted by atomic mass is 32.2. The second-order valence-corrected chi connectivity index (χ2v) is 10.7. The molecule has 1 aromatic heterocycles. The van der Waals surface area contributed by atoms with Gasteiger partial charge in [0.2, 0.25) is 15.9 Å². The van der Waals surface area contributed by atoms with Crippen LogP contribution in [0.25, 0.3) is 0 Å². The molecule has 0 unspecified atom stereocenters. The third-order valence-corrected chi connectivity index (χ3v) is 7.31. The van der Waals surface area contributed by atoms with Gasteiger partial charge in [0.25, 0.3) is 0 Å². The molecule has 0 fully saturated rings. The summed E-state index contributed by atoms with van der Waals surface area (Å²) in [5, 5.41) is 11.4. The molecule has 0 saturated carbocycles. The van der Waals surface area contributed by atoms with E-state index in [9.17, 15) is 13.2 Å². The summed E-state index contributed by atoms with van der Waals surface area (Å²) >= 11 is 1.32. The summed E-state index contributed by atoms with van der Waals surface area (Å²) in [5.41, 5.74) is 1.64. The quantitative estimate of drug-likeness (QED) is 0.461. The van der Waals surface area contributed by atoms with Gasteiger partial charge in [0.1, 0.15) is 5.82 Å². The van der Waals surface area contributed by atoms with Crippen molar-refractivity contribution in [2.24, 2.45) is 0 Å². The molecule has 3 rings (SSSR count). The van der Waals surface area contributed by atoms with Gasteiger partial charge in [-0.1, -0.05) is 42.1 Å². The average molecular weight is 474 g/mol. The fraction of sp³-hybridized carbons (Fsp3) is 0.318. The van der Waals surface area contributed by atoms with Crippen molar-refractivity contribution in [3.05, 3.63) is 66.0 Å². The van der Waals surface area contributed by atoms with Crippen molar-refractivity contribution in [2.45, 2.75) is 55.6 Å². The van der Waals surface area contributed by atoms with Crippen molar-refractivity contribution < 1.29 is 13.2 Å². The van der Waals surface area contributed by atoms with Gasteiger partial charge in [-0.05, 0) is 57.5 Å². The Morgan fingerprint density at radius 1 is 1.03 bits per heavy atom. The summed E-state index contributed by atoms with van der Waals surface area (Å²) in [6.45, 7) is 7.81. The number of rotatable bonds is 9. The standard InChI is InChI=1S/C22H27N5O3S2/c1-15(2)26-32(29,30)20-12-10-19(11-13-20)23-21(28)16(3)31-22-25-24-17(4)27(22)14-18-8-6-5-7-9-18/h5-13,15-16,26H,14H2,1-4H3,(H,23,28)/t16-/m0/s1. The summed E-state index contributed by atoms with van der Waals surface area (Å²) in [5.74, 6) is 0.564. The van der Waals surface area contributed by atoms with Gasteiger partial charge in [-0.25, -0.2) is 13.1 Å². The number of thioether (sulfide) groups is 1. The lowest BCUT2D eigenvalue weighted by atomic mass is 10.2. The van der Waals surface area contributed by atoms with Gasteiger partial charge in [-0.2, -0.15) is 0 Å². The largest absolute Gasteiger partial charge is 0.325 e. The first-order chi connectivity index (χ1) is 15.2. The van der Waals surface area contributed by atoms with Crippen LogP contribution in [-0.2, 0) is 21.4 Å². The van der Waals surface area contributed by atoms with Gasteiger partial charge in [0.05, 0.1) is 16.7 Å². The molecule has 0 aliphatic rings. The zero-order valence-corrected chi connectivity index (χ0v) is 20.1. The number of carbonyl (C=O) groups excluding carboxylic acids is 1. The average Bonchev–Trinajstić information content (AvgIpc) is 3.07. The molecule has 0 aliphatic carbocycles. The fourth-order valence-electron chi connectivity index (χ4n) is 2.95. The van der Waals surface area contributed by atoms with Gasteiger partial charge >= 0.3 is 0 Å². The predicted octanol–water partition coefficient (Wildman–Crippen LogP) is 3.44. The van der Waals surface area contributed by atoms with Crippen LogP contribution >= 0.6 is 11.8 Å². The fourth-order valence-corrected chi connectivity index (χ4v) is 5.09. The second-order valence-electron chi connectivity index (χ2n) is 7.65. The molecule has 0 spiro atoms. The maximum absolute atomic E-state index is 12.7. The highest BCUT2D eigenvalue weighted by molar-refractivity contribution is 8.00. The van der Waals surface area contributed by atoms with Crippen LogP contribution in [0, 0.1) is 6.92 Å². The van der Waals surface area contributed by atoms with E-state index in [4.69, 9.17) is 0 Å². The lowest BCUT2D eigenvalue weighted by Crippen LogP contribution is -2.30. The molecule has 0 saturated heterocycles. The Kier molecular flexibility index (Phi) is 7.70. The Hall–Kier alpha value is -2.69. The van der Waals surface area contributed by atoms with E-state index in [1.54, 1.807) is 32.9 Å². The first kappa shape index (κ1) is 24.0. The number of hydrogen-bond donors (Lipinski definition) is 2. The van der Waals surface area contributed by atoms with Gasteiger partial charge in [-0.15, -0.1) is 10.2 Å². The maximum Gasteiger partial charge on any atom is 0.240 e. The highest BCUT2D eigenvalue weighted by Crippen LogP contribution is 2.24. The van der Waals surface area contributed by atoms with Gasteiger partial charge in [0, 0.05) is 11.7 Å². The van der Waals surface area contributed by atoms with Crippen LogP contribution < -0.4 is 10.0 Å². The van der Waals surface area contributed by atoms with Crippen LogP contribution in [0.15, 0.2) is 64.6 Å². The molecule has 0 radical (unpaired) electrons. The van der Waals surface area contributed by atoms with Crippen LogP contribution in [0.1, 0.15) is 32.2 Å². The van der Waals surface area contributed by atoms with E-state index in [1.165, 1.54) is 23.9 Å². The Morgan fingerprint density at radius 2 is 1.69 bits per heavy atom. The number of aromatic nitrogens is 3. The van der Waals surface area contributed by atoms with Crippen molar-refractivity contribution in [3.8, 4) is 0 Å². The van der Waals surface area contributed by atoms with Crippen molar-refractivity contribution >= 4 is 33.4 Å². The number of anilines is 1. The molecule has 170 valence electrons. The van der Waals surface area contributed by atoms with Crippen LogP contribution in [-0.4, -0.2) is 40.4 Å². The molecule has 0 bridgehead atoms. The van der Waals surface area contributed by atoms with E-state index >= 15 is 0 Å². The molecule has 10 heteroatoms. The monoisotopic (exact) mass is 473 g/mol. The van der Waals surface area contributed by atoms with Crippen molar-refractivity contribution in [1.82, 2.24) is 19.5 Å². The SMILES string of the molecule is Cc1nnc(S[C@@H](C)C(=O)Nc2ccc(S(=O)(=O)NC(C)C)cc2)n1Cc1ccccc1. The number of hydrogen-bond acceptors (Lipinski definition) is 6. The molecule has 8 nitrogen and oxygen atoms in total. The number of amides is 1. The van der Waals surface area contributed by atoms with Crippen LogP contribution in [0.3, 0.4) is 0 Å². The predicted molar refractivity (Wildman–Crippen MR) is 126 cm³/mol. The first-order valence-corrected chi connectivity index (χ1v) is 12.6. The summed E-state index contributed by atoms with van der Waals surface area (Å²) in [6.07, 6.45) is 0. The van der Waals surface area contributed by atoms with Crippen molar-refractivity contribution in [1.29, 1.82) is 0 Å². The Labute approximate surface area is 192 Å². The van der Waals surface area contributed by atoms with E-state index in [0.717, 1.165) is 11.4 Å². The van der Waals surface area contributed by atoms with E-state index in [2.05, 4.69) is 20.2 Å². The molecular formula is C22H27N5O3S2. The summed E-state index contributed by atoms with van der Waals surface area (Å²) in [4.78, 5) is 12.8. The molecular weight excluding hydrogens is 446 g/mol. The topological polar surface area (TPSA) is 106 Å². The van der Waals surface area contributed by atoms with Gasteiger partial charge in [-0.3, -0.25) is 4.79 Å². The number of benzene rings is 2. The zero-order valence-electron chi connectivity index (χ0n) is 18.4. The zero-order chi connectivity index (χ0) is 23.3. The minimum Gasteiger partial charge on any atom is -0.325 e. The summed E-state index contributed by atoms with van der Waals surface area (Å²) < 4.78 is 29.0. The Bertz CT molecular complexity index is 1160. The second kappa shape index (κ2) is 10.3. The van der Waals surface area contributed by atoms with E-state index in [-0.39, 0.29) is 16.8 Å². The van der Waals surface area contributed by atoms with Crippen LogP contribution in [0.2, 0.25) is 0 Å². The number of nitrogens with zero attached hydrogens (tertiary/aromatic N) is 3. The lowest BCUT2D eigenvalue weighted by Gasteiger charge is -2.14. The molecule has 0 aliphatic heterocycles. The van der Waals surface area contributed by atoms with E-state index < -0.39 is 15.3 Å².